The third-order valence-corrected chi connectivity index (χ3v) is 3.53. The number of aryl methyl sites for hydroxylation is 1. The van der Waals surface area contributed by atoms with Gasteiger partial charge in [-0.3, -0.25) is 0 Å². The van der Waals surface area contributed by atoms with Crippen LogP contribution in [0.3, 0.4) is 0 Å². The maximum Gasteiger partial charge on any atom is 0.409 e. The molecule has 1 saturated heterocycles. The highest BCUT2D eigenvalue weighted by Gasteiger charge is 2.25. The van der Waals surface area contributed by atoms with E-state index >= 15 is 0 Å². The lowest BCUT2D eigenvalue weighted by Crippen LogP contribution is -2.48. The summed E-state index contributed by atoms with van der Waals surface area (Å²) in [5, 5.41) is 3.51. The summed E-state index contributed by atoms with van der Waals surface area (Å²) in [6.45, 7) is 5.49. The van der Waals surface area contributed by atoms with Crippen LogP contribution in [0, 0.1) is 6.92 Å². The molecule has 5 heteroatoms. The van der Waals surface area contributed by atoms with Crippen LogP contribution in [-0.4, -0.2) is 37.2 Å². The quantitative estimate of drug-likeness (QED) is 0.913. The molecule has 5 nitrogen and oxygen atoms in total. The number of amides is 1. The lowest BCUT2D eigenvalue weighted by atomic mass is 10.0. The van der Waals surface area contributed by atoms with E-state index in [9.17, 15) is 4.79 Å². The van der Waals surface area contributed by atoms with Crippen LogP contribution in [0.4, 0.5) is 4.79 Å². The van der Waals surface area contributed by atoms with E-state index in [-0.39, 0.29) is 18.2 Å². The Hall–Kier alpha value is -1.49. The van der Waals surface area contributed by atoms with Gasteiger partial charge in [0.25, 0.3) is 0 Å². The van der Waals surface area contributed by atoms with Crippen molar-refractivity contribution in [3.05, 3.63) is 23.7 Å². The fraction of sp³-hybridized carbons (Fsp3) is 0.643. The fourth-order valence-electron chi connectivity index (χ4n) is 2.53. The van der Waals surface area contributed by atoms with Crippen molar-refractivity contribution in [1.82, 2.24) is 10.2 Å². The molecule has 1 fully saturated rings. The number of rotatable bonds is 3. The third-order valence-electron chi connectivity index (χ3n) is 3.53. The van der Waals surface area contributed by atoms with Crippen LogP contribution >= 0.6 is 0 Å². The predicted octanol–water partition coefficient (Wildman–Crippen LogP) is 2.47. The van der Waals surface area contributed by atoms with Gasteiger partial charge in [-0.25, -0.2) is 4.79 Å². The van der Waals surface area contributed by atoms with Crippen LogP contribution in [0.15, 0.2) is 16.5 Å². The largest absolute Gasteiger partial charge is 0.465 e. The summed E-state index contributed by atoms with van der Waals surface area (Å²) < 4.78 is 10.4. The summed E-state index contributed by atoms with van der Waals surface area (Å²) in [6.07, 6.45) is 1.82. The van der Waals surface area contributed by atoms with Crippen LogP contribution in [-0.2, 0) is 4.74 Å². The summed E-state index contributed by atoms with van der Waals surface area (Å²) in [5.41, 5.74) is 0. The van der Waals surface area contributed by atoms with E-state index in [1.807, 2.05) is 19.1 Å². The zero-order valence-electron chi connectivity index (χ0n) is 11.8. The molecule has 1 amide bonds. The van der Waals surface area contributed by atoms with Crippen molar-refractivity contribution in [3.8, 4) is 0 Å². The molecule has 0 aliphatic carbocycles. The van der Waals surface area contributed by atoms with Crippen LogP contribution in [0.1, 0.15) is 37.3 Å². The Bertz CT molecular complexity index is 430. The van der Waals surface area contributed by atoms with Crippen molar-refractivity contribution in [1.29, 1.82) is 0 Å². The molecule has 0 saturated carbocycles. The monoisotopic (exact) mass is 266 g/mol. The van der Waals surface area contributed by atoms with Gasteiger partial charge in [-0.2, -0.15) is 0 Å². The van der Waals surface area contributed by atoms with Crippen LogP contribution in [0.25, 0.3) is 0 Å². The number of carbonyl (C=O) groups is 1. The number of ether oxygens (including phenoxy) is 1. The normalized spacial score (nSPS) is 21.2. The number of likely N-dealkylation sites (tertiary alicyclic amines) is 1. The molecule has 0 bridgehead atoms. The number of nitrogens with one attached hydrogen (secondary N) is 1. The molecule has 1 aromatic heterocycles. The van der Waals surface area contributed by atoms with Gasteiger partial charge in [-0.1, -0.05) is 0 Å². The lowest BCUT2D eigenvalue weighted by Gasteiger charge is -2.33. The second kappa shape index (κ2) is 6.10. The van der Waals surface area contributed by atoms with Crippen molar-refractivity contribution >= 4 is 6.09 Å². The predicted molar refractivity (Wildman–Crippen MR) is 72.0 cm³/mol. The number of piperidine rings is 1. The molecular weight excluding hydrogens is 244 g/mol. The molecule has 19 heavy (non-hydrogen) atoms. The number of carbonyl (C=O) groups excluding carboxylic acids is 1. The van der Waals surface area contributed by atoms with E-state index in [0.29, 0.717) is 6.54 Å². The van der Waals surface area contributed by atoms with E-state index in [0.717, 1.165) is 30.9 Å². The Labute approximate surface area is 113 Å². The second-order valence-corrected chi connectivity index (χ2v) is 5.09. The van der Waals surface area contributed by atoms with E-state index < -0.39 is 0 Å². The van der Waals surface area contributed by atoms with E-state index in [1.165, 1.54) is 7.11 Å². The molecule has 0 radical (unpaired) electrons. The Morgan fingerprint density at radius 2 is 2.37 bits per heavy atom. The van der Waals surface area contributed by atoms with Crippen molar-refractivity contribution < 1.29 is 13.9 Å². The smallest absolute Gasteiger partial charge is 0.409 e. The van der Waals surface area contributed by atoms with Gasteiger partial charge in [0.05, 0.1) is 13.2 Å². The van der Waals surface area contributed by atoms with Gasteiger partial charge in [0.15, 0.2) is 0 Å². The number of furan rings is 1. The van der Waals surface area contributed by atoms with Crippen molar-refractivity contribution in [2.45, 2.75) is 38.8 Å². The van der Waals surface area contributed by atoms with E-state index in [2.05, 4.69) is 12.2 Å². The highest BCUT2D eigenvalue weighted by Crippen LogP contribution is 2.19. The molecule has 1 N–H and O–H groups in total. The molecular formula is C14H22N2O3. The summed E-state index contributed by atoms with van der Waals surface area (Å²) in [7, 11) is 1.42. The molecule has 0 unspecified atom stereocenters. The Morgan fingerprint density at radius 1 is 1.58 bits per heavy atom. The Kier molecular flexibility index (Phi) is 4.47. The van der Waals surface area contributed by atoms with Crippen LogP contribution in [0.2, 0.25) is 0 Å². The lowest BCUT2D eigenvalue weighted by molar-refractivity contribution is 0.105. The molecule has 0 spiro atoms. The topological polar surface area (TPSA) is 54.7 Å². The zero-order chi connectivity index (χ0) is 13.8. The van der Waals surface area contributed by atoms with Gasteiger partial charge in [-0.05, 0) is 38.8 Å². The minimum atomic E-state index is -0.243. The number of hydrogen-bond acceptors (Lipinski definition) is 4. The van der Waals surface area contributed by atoms with Gasteiger partial charge in [0, 0.05) is 19.1 Å². The molecule has 1 aromatic rings. The highest BCUT2D eigenvalue weighted by atomic mass is 16.5. The molecule has 106 valence electrons. The van der Waals surface area contributed by atoms with Gasteiger partial charge >= 0.3 is 6.09 Å². The van der Waals surface area contributed by atoms with E-state index in [4.69, 9.17) is 9.15 Å². The maximum absolute atomic E-state index is 11.5. The van der Waals surface area contributed by atoms with Crippen molar-refractivity contribution in [3.63, 3.8) is 0 Å². The first-order valence-electron chi connectivity index (χ1n) is 6.75. The van der Waals surface area contributed by atoms with Gasteiger partial charge in [-0.15, -0.1) is 0 Å². The fourth-order valence-corrected chi connectivity index (χ4v) is 2.53. The first-order valence-corrected chi connectivity index (χ1v) is 6.75. The molecule has 2 atom stereocenters. The summed E-state index contributed by atoms with van der Waals surface area (Å²) in [4.78, 5) is 13.3. The van der Waals surface area contributed by atoms with Crippen molar-refractivity contribution in [2.24, 2.45) is 0 Å². The van der Waals surface area contributed by atoms with Crippen LogP contribution < -0.4 is 5.32 Å². The van der Waals surface area contributed by atoms with Gasteiger partial charge in [0.2, 0.25) is 0 Å². The SMILES string of the molecule is COC(=O)N1CCC[C@@H](N[C@@H](C)c2ccc(C)o2)C1. The molecule has 1 aliphatic heterocycles. The average molecular weight is 266 g/mol. The first kappa shape index (κ1) is 13.9. The number of nitrogens with zero attached hydrogens (tertiary/aromatic N) is 1. The molecule has 1 aliphatic rings. The molecule has 0 aromatic carbocycles. The molecule has 2 heterocycles. The average Bonchev–Trinajstić information content (AvgIpc) is 2.85. The minimum absolute atomic E-state index is 0.149. The summed E-state index contributed by atoms with van der Waals surface area (Å²) >= 11 is 0. The minimum Gasteiger partial charge on any atom is -0.465 e. The number of methoxy groups -OCH3 is 1. The third kappa shape index (κ3) is 3.50. The Morgan fingerprint density at radius 3 is 3.00 bits per heavy atom. The zero-order valence-corrected chi connectivity index (χ0v) is 11.8. The Balaban J connectivity index is 1.90. The van der Waals surface area contributed by atoms with Gasteiger partial charge < -0.3 is 19.4 Å². The first-order chi connectivity index (χ1) is 9.10. The number of hydrogen-bond donors (Lipinski definition) is 1. The van der Waals surface area contributed by atoms with Crippen LogP contribution in [0.5, 0.6) is 0 Å². The maximum atomic E-state index is 11.5. The van der Waals surface area contributed by atoms with Gasteiger partial charge in [0.1, 0.15) is 11.5 Å². The highest BCUT2D eigenvalue weighted by molar-refractivity contribution is 5.67. The standard InChI is InChI=1S/C14H22N2O3/c1-10-6-7-13(19-10)11(2)15-12-5-4-8-16(9-12)14(17)18-3/h6-7,11-12,15H,4-5,8-9H2,1-3H3/t11-,12+/m0/s1. The van der Waals surface area contributed by atoms with Crippen molar-refractivity contribution in [2.75, 3.05) is 20.2 Å². The summed E-state index contributed by atoms with van der Waals surface area (Å²) in [5.74, 6) is 1.86. The summed E-state index contributed by atoms with van der Waals surface area (Å²) in [6, 6.07) is 4.40. The second-order valence-electron chi connectivity index (χ2n) is 5.09. The van der Waals surface area contributed by atoms with E-state index in [1.54, 1.807) is 4.90 Å². The molecule has 2 rings (SSSR count).